The minimum absolute atomic E-state index is 0.0697. The number of rotatable bonds is 9. The summed E-state index contributed by atoms with van der Waals surface area (Å²) in [5.74, 6) is 1.60. The molecular weight excluding hydrogens is 558 g/mol. The Labute approximate surface area is 257 Å². The molecule has 0 unspecified atom stereocenters. The Morgan fingerprint density at radius 2 is 1.72 bits per heavy atom. The molecule has 0 saturated heterocycles. The van der Waals surface area contributed by atoms with Crippen LogP contribution in [-0.2, 0) is 12.8 Å². The summed E-state index contributed by atoms with van der Waals surface area (Å²) in [5.41, 5.74) is 7.07. The molecule has 5 rings (SSSR count). The van der Waals surface area contributed by atoms with E-state index < -0.39 is 0 Å². The number of halogens is 1. The van der Waals surface area contributed by atoms with Crippen molar-refractivity contribution in [2.45, 2.75) is 47.0 Å². The van der Waals surface area contributed by atoms with Crippen molar-refractivity contribution in [3.63, 3.8) is 0 Å². The van der Waals surface area contributed by atoms with Gasteiger partial charge in [-0.25, -0.2) is 4.98 Å². The van der Waals surface area contributed by atoms with Crippen LogP contribution in [0, 0.1) is 20.8 Å². The van der Waals surface area contributed by atoms with Crippen LogP contribution >= 0.6 is 11.6 Å². The molecule has 0 aliphatic heterocycles. The van der Waals surface area contributed by atoms with Gasteiger partial charge in [-0.1, -0.05) is 48.4 Å². The number of aryl methyl sites for hydroxylation is 5. The summed E-state index contributed by atoms with van der Waals surface area (Å²) in [4.78, 5) is 33.4. The number of furan rings is 1. The SMILES string of the molecule is CCc1cc(C)oc1CCCN(C)C(=O)c1ccc(NC(=O)c2cc(-c3ccccc3Cl)nc3c(C)cc(C)cc23)cc1. The zero-order valence-corrected chi connectivity index (χ0v) is 26.0. The molecule has 7 heteroatoms. The van der Waals surface area contributed by atoms with Crippen molar-refractivity contribution in [1.29, 1.82) is 0 Å². The summed E-state index contributed by atoms with van der Waals surface area (Å²) < 4.78 is 5.83. The number of nitrogens with one attached hydrogen (secondary N) is 1. The highest BCUT2D eigenvalue weighted by molar-refractivity contribution is 6.33. The van der Waals surface area contributed by atoms with E-state index in [9.17, 15) is 9.59 Å². The summed E-state index contributed by atoms with van der Waals surface area (Å²) in [6.07, 6.45) is 2.54. The quantitative estimate of drug-likeness (QED) is 0.186. The molecule has 0 spiro atoms. The first kappa shape index (κ1) is 30.1. The fraction of sp³-hybridized carbons (Fsp3) is 0.250. The number of carbonyl (C=O) groups excluding carboxylic acids is 2. The smallest absolute Gasteiger partial charge is 0.256 e. The molecule has 5 aromatic rings. The summed E-state index contributed by atoms with van der Waals surface area (Å²) in [5, 5.41) is 4.35. The Kier molecular flexibility index (Phi) is 8.97. The molecular formula is C36H36ClN3O3. The highest BCUT2D eigenvalue weighted by atomic mass is 35.5. The standard InChI is InChI=1S/C36H36ClN3O3/c1-6-25-20-24(4)43-33(25)12-9-17-40(5)36(42)26-13-15-27(16-14-26)38-35(41)30-21-32(28-10-7-8-11-31(28)37)39-34-23(3)18-22(2)19-29(30)34/h7-8,10-11,13-16,18-21H,6,9,12,17H2,1-5H3,(H,38,41). The van der Waals surface area contributed by atoms with E-state index in [1.165, 1.54) is 5.56 Å². The van der Waals surface area contributed by atoms with E-state index in [4.69, 9.17) is 21.0 Å². The number of nitrogens with zero attached hydrogens (tertiary/aromatic N) is 2. The first-order valence-electron chi connectivity index (χ1n) is 14.6. The number of aromatic nitrogens is 1. The number of carbonyl (C=O) groups is 2. The van der Waals surface area contributed by atoms with Crippen LogP contribution in [-0.4, -0.2) is 35.3 Å². The monoisotopic (exact) mass is 593 g/mol. The van der Waals surface area contributed by atoms with Gasteiger partial charge < -0.3 is 14.6 Å². The van der Waals surface area contributed by atoms with E-state index in [-0.39, 0.29) is 11.8 Å². The third kappa shape index (κ3) is 6.65. The van der Waals surface area contributed by atoms with Crippen molar-refractivity contribution in [1.82, 2.24) is 9.88 Å². The number of benzene rings is 3. The molecule has 0 bridgehead atoms. The molecule has 0 saturated carbocycles. The number of pyridine rings is 1. The number of hydrogen-bond donors (Lipinski definition) is 1. The molecule has 0 radical (unpaired) electrons. The third-order valence-electron chi connectivity index (χ3n) is 7.68. The molecule has 2 aromatic heterocycles. The molecule has 0 atom stereocenters. The predicted octanol–water partition coefficient (Wildman–Crippen LogP) is 8.59. The third-order valence-corrected chi connectivity index (χ3v) is 8.01. The van der Waals surface area contributed by atoms with Crippen LogP contribution in [0.2, 0.25) is 5.02 Å². The van der Waals surface area contributed by atoms with Crippen LogP contribution in [0.5, 0.6) is 0 Å². The summed E-state index contributed by atoms with van der Waals surface area (Å²) in [7, 11) is 1.81. The van der Waals surface area contributed by atoms with E-state index >= 15 is 0 Å². The molecule has 0 fully saturated rings. The van der Waals surface area contributed by atoms with Crippen LogP contribution in [0.1, 0.15) is 62.3 Å². The topological polar surface area (TPSA) is 75.4 Å². The van der Waals surface area contributed by atoms with Gasteiger partial charge in [0.15, 0.2) is 0 Å². The summed E-state index contributed by atoms with van der Waals surface area (Å²) in [6, 6.07) is 22.4. The summed E-state index contributed by atoms with van der Waals surface area (Å²) >= 11 is 6.49. The largest absolute Gasteiger partial charge is 0.466 e. The van der Waals surface area contributed by atoms with E-state index in [1.54, 1.807) is 42.3 Å². The second-order valence-corrected chi connectivity index (χ2v) is 11.4. The number of hydrogen-bond acceptors (Lipinski definition) is 4. The second kappa shape index (κ2) is 12.8. The highest BCUT2D eigenvalue weighted by Gasteiger charge is 2.18. The maximum absolute atomic E-state index is 13.7. The maximum Gasteiger partial charge on any atom is 0.256 e. The van der Waals surface area contributed by atoms with Gasteiger partial charge >= 0.3 is 0 Å². The molecule has 0 aliphatic carbocycles. The van der Waals surface area contributed by atoms with Crippen molar-refractivity contribution in [2.75, 3.05) is 18.9 Å². The fourth-order valence-corrected chi connectivity index (χ4v) is 5.73. The van der Waals surface area contributed by atoms with Crippen molar-refractivity contribution in [2.24, 2.45) is 0 Å². The van der Waals surface area contributed by atoms with Crippen LogP contribution in [0.4, 0.5) is 5.69 Å². The molecule has 2 heterocycles. The minimum Gasteiger partial charge on any atom is -0.466 e. The molecule has 43 heavy (non-hydrogen) atoms. The first-order valence-corrected chi connectivity index (χ1v) is 14.9. The Morgan fingerprint density at radius 1 is 0.977 bits per heavy atom. The van der Waals surface area contributed by atoms with Gasteiger partial charge in [-0.15, -0.1) is 0 Å². The van der Waals surface area contributed by atoms with Crippen molar-refractivity contribution in [3.05, 3.63) is 117 Å². The van der Waals surface area contributed by atoms with Crippen molar-refractivity contribution >= 4 is 40.0 Å². The molecule has 220 valence electrons. The van der Waals surface area contributed by atoms with Gasteiger partial charge in [0.05, 0.1) is 16.8 Å². The molecule has 6 nitrogen and oxygen atoms in total. The Hall–Kier alpha value is -4.42. The lowest BCUT2D eigenvalue weighted by atomic mass is 9.99. The summed E-state index contributed by atoms with van der Waals surface area (Å²) in [6.45, 7) is 8.69. The van der Waals surface area contributed by atoms with Gasteiger partial charge in [-0.2, -0.15) is 0 Å². The Bertz CT molecular complexity index is 1810. The Morgan fingerprint density at radius 3 is 2.44 bits per heavy atom. The van der Waals surface area contributed by atoms with Crippen molar-refractivity contribution < 1.29 is 14.0 Å². The zero-order chi connectivity index (χ0) is 30.7. The maximum atomic E-state index is 13.7. The lowest BCUT2D eigenvalue weighted by Crippen LogP contribution is -2.28. The van der Waals surface area contributed by atoms with Gasteiger partial charge in [0.25, 0.3) is 11.8 Å². The van der Waals surface area contributed by atoms with E-state index in [1.807, 2.05) is 51.1 Å². The van der Waals surface area contributed by atoms with E-state index in [2.05, 4.69) is 24.4 Å². The molecule has 2 amide bonds. The average molecular weight is 594 g/mol. The Balaban J connectivity index is 1.31. The molecule has 1 N–H and O–H groups in total. The minimum atomic E-state index is -0.262. The van der Waals surface area contributed by atoms with Gasteiger partial charge in [0.2, 0.25) is 0 Å². The first-order chi connectivity index (χ1) is 20.6. The number of anilines is 1. The van der Waals surface area contributed by atoms with Crippen LogP contribution in [0.25, 0.3) is 22.2 Å². The van der Waals surface area contributed by atoms with Crippen LogP contribution < -0.4 is 5.32 Å². The van der Waals surface area contributed by atoms with Crippen LogP contribution in [0.3, 0.4) is 0 Å². The van der Waals surface area contributed by atoms with Crippen molar-refractivity contribution in [3.8, 4) is 11.3 Å². The van der Waals surface area contributed by atoms with Gasteiger partial charge in [-0.3, -0.25) is 9.59 Å². The van der Waals surface area contributed by atoms with Gasteiger partial charge in [0, 0.05) is 47.2 Å². The number of fused-ring (bicyclic) bond motifs is 1. The average Bonchev–Trinajstić information content (AvgIpc) is 3.36. The van der Waals surface area contributed by atoms with Crippen LogP contribution in [0.15, 0.2) is 77.2 Å². The molecule has 0 aliphatic rings. The van der Waals surface area contributed by atoms with Gasteiger partial charge in [-0.05, 0) is 93.3 Å². The normalized spacial score (nSPS) is 11.1. The predicted molar refractivity (Wildman–Crippen MR) is 174 cm³/mol. The zero-order valence-electron chi connectivity index (χ0n) is 25.3. The fourth-order valence-electron chi connectivity index (χ4n) is 5.49. The van der Waals surface area contributed by atoms with Gasteiger partial charge in [0.1, 0.15) is 11.5 Å². The lowest BCUT2D eigenvalue weighted by Gasteiger charge is -2.17. The highest BCUT2D eigenvalue weighted by Crippen LogP contribution is 2.32. The lowest BCUT2D eigenvalue weighted by molar-refractivity contribution is 0.0793. The second-order valence-electron chi connectivity index (χ2n) is 11.0. The van der Waals surface area contributed by atoms with E-state index in [0.29, 0.717) is 34.1 Å². The number of amides is 2. The van der Waals surface area contributed by atoms with E-state index in [0.717, 1.165) is 58.4 Å². The molecule has 3 aromatic carbocycles.